The minimum atomic E-state index is -0.825. The molecule has 0 aliphatic rings. The molecule has 0 spiro atoms. The molecule has 1 radical (unpaired) electrons. The summed E-state index contributed by atoms with van der Waals surface area (Å²) in [7, 11) is 0. The van der Waals surface area contributed by atoms with Crippen molar-refractivity contribution in [3.05, 3.63) is 71.6 Å². The Labute approximate surface area is 152 Å². The first-order chi connectivity index (χ1) is 12.4. The number of hydrogen-bond donors (Lipinski definition) is 4. The van der Waals surface area contributed by atoms with Gasteiger partial charge in [-0.15, -0.1) is 0 Å². The van der Waals surface area contributed by atoms with Crippen LogP contribution < -0.4 is 11.5 Å². The molecule has 0 saturated carbocycles. The zero-order valence-corrected chi connectivity index (χ0v) is 14.3. The summed E-state index contributed by atoms with van der Waals surface area (Å²) in [5.74, 6) is -2.28. The summed E-state index contributed by atoms with van der Waals surface area (Å²) in [5, 5.41) is 20.4. The number of aromatic hydroxyl groups is 1. The molecule has 0 aliphatic heterocycles. The van der Waals surface area contributed by atoms with Crippen molar-refractivity contribution in [2.75, 3.05) is 0 Å². The van der Waals surface area contributed by atoms with E-state index in [-0.39, 0.29) is 24.2 Å². The first-order valence-electron chi connectivity index (χ1n) is 8.33. The summed E-state index contributed by atoms with van der Waals surface area (Å²) in [5.41, 5.74) is 12.1. The van der Waals surface area contributed by atoms with Gasteiger partial charge in [0.05, 0.1) is 11.7 Å². The maximum atomic E-state index is 11.8. The number of carbonyl (C=O) groups is 2. The van der Waals surface area contributed by atoms with Gasteiger partial charge in [0.15, 0.2) is 0 Å². The maximum absolute atomic E-state index is 11.8. The normalized spacial score (nSPS) is 13.1. The second kappa shape index (κ2) is 9.01. The van der Waals surface area contributed by atoms with E-state index in [4.69, 9.17) is 11.5 Å². The molecule has 2 aromatic carbocycles. The van der Waals surface area contributed by atoms with Crippen molar-refractivity contribution in [2.24, 2.45) is 17.4 Å². The number of aliphatic hydroxyl groups excluding tert-OH is 1. The SMILES string of the molecule is NC(=O)c1cccc(CC(CC(O)[CH]Cc2ccccc2)C(N)=O)c1O. The van der Waals surface area contributed by atoms with Gasteiger partial charge in [0.1, 0.15) is 5.75 Å². The van der Waals surface area contributed by atoms with Crippen LogP contribution in [-0.4, -0.2) is 28.1 Å². The second-order valence-corrected chi connectivity index (χ2v) is 6.21. The number of aliphatic hydroxyl groups is 1. The predicted molar refractivity (Wildman–Crippen MR) is 98.1 cm³/mol. The van der Waals surface area contributed by atoms with E-state index in [1.807, 2.05) is 30.3 Å². The average molecular weight is 355 g/mol. The zero-order chi connectivity index (χ0) is 19.1. The highest BCUT2D eigenvalue weighted by Crippen LogP contribution is 2.26. The van der Waals surface area contributed by atoms with E-state index in [1.165, 1.54) is 6.07 Å². The number of nitrogens with two attached hydrogens (primary N) is 2. The van der Waals surface area contributed by atoms with Crippen LogP contribution in [0.2, 0.25) is 0 Å². The maximum Gasteiger partial charge on any atom is 0.252 e. The second-order valence-electron chi connectivity index (χ2n) is 6.21. The molecule has 0 aromatic heterocycles. The number of para-hydroxylation sites is 1. The summed E-state index contributed by atoms with van der Waals surface area (Å²) in [6, 6.07) is 14.2. The summed E-state index contributed by atoms with van der Waals surface area (Å²) < 4.78 is 0. The fourth-order valence-corrected chi connectivity index (χ4v) is 2.79. The van der Waals surface area contributed by atoms with E-state index in [0.717, 1.165) is 5.56 Å². The van der Waals surface area contributed by atoms with E-state index >= 15 is 0 Å². The minimum Gasteiger partial charge on any atom is -0.507 e. The molecule has 2 rings (SSSR count). The molecule has 26 heavy (non-hydrogen) atoms. The number of phenols is 1. The molecule has 0 aliphatic carbocycles. The van der Waals surface area contributed by atoms with Gasteiger partial charge in [-0.1, -0.05) is 42.5 Å². The van der Waals surface area contributed by atoms with Gasteiger partial charge < -0.3 is 21.7 Å². The Morgan fingerprint density at radius 3 is 2.35 bits per heavy atom. The fourth-order valence-electron chi connectivity index (χ4n) is 2.79. The average Bonchev–Trinajstić information content (AvgIpc) is 2.61. The highest BCUT2D eigenvalue weighted by Gasteiger charge is 2.23. The monoisotopic (exact) mass is 355 g/mol. The van der Waals surface area contributed by atoms with Crippen molar-refractivity contribution >= 4 is 11.8 Å². The van der Waals surface area contributed by atoms with Gasteiger partial charge in [-0.05, 0) is 42.9 Å². The largest absolute Gasteiger partial charge is 0.507 e. The number of rotatable bonds is 9. The van der Waals surface area contributed by atoms with Crippen LogP contribution >= 0.6 is 0 Å². The van der Waals surface area contributed by atoms with Gasteiger partial charge in [-0.2, -0.15) is 0 Å². The Hall–Kier alpha value is -2.86. The van der Waals surface area contributed by atoms with Crippen LogP contribution in [0.4, 0.5) is 0 Å². The molecule has 0 saturated heterocycles. The molecule has 2 aromatic rings. The van der Waals surface area contributed by atoms with Gasteiger partial charge in [-0.3, -0.25) is 9.59 Å². The summed E-state index contributed by atoms with van der Waals surface area (Å²) >= 11 is 0. The molecule has 2 amide bonds. The molecule has 0 bridgehead atoms. The molecule has 6 heteroatoms. The van der Waals surface area contributed by atoms with Gasteiger partial charge in [-0.25, -0.2) is 0 Å². The smallest absolute Gasteiger partial charge is 0.252 e. The third kappa shape index (κ3) is 5.32. The molecular weight excluding hydrogens is 332 g/mol. The highest BCUT2D eigenvalue weighted by molar-refractivity contribution is 5.96. The lowest BCUT2D eigenvalue weighted by atomic mass is 9.90. The molecule has 0 fully saturated rings. The van der Waals surface area contributed by atoms with E-state index in [2.05, 4.69) is 0 Å². The fraction of sp³-hybridized carbons (Fsp3) is 0.250. The lowest BCUT2D eigenvalue weighted by molar-refractivity contribution is -0.122. The van der Waals surface area contributed by atoms with Crippen molar-refractivity contribution in [1.29, 1.82) is 0 Å². The van der Waals surface area contributed by atoms with E-state index < -0.39 is 23.8 Å². The topological polar surface area (TPSA) is 127 Å². The number of hydrogen-bond acceptors (Lipinski definition) is 4. The lowest BCUT2D eigenvalue weighted by Gasteiger charge is -2.18. The molecule has 2 atom stereocenters. The van der Waals surface area contributed by atoms with Crippen LogP contribution in [0, 0.1) is 12.3 Å². The molecule has 0 heterocycles. The zero-order valence-electron chi connectivity index (χ0n) is 14.3. The quantitative estimate of drug-likeness (QED) is 0.541. The molecule has 2 unspecified atom stereocenters. The van der Waals surface area contributed by atoms with Crippen molar-refractivity contribution in [2.45, 2.75) is 25.4 Å². The Morgan fingerprint density at radius 2 is 1.73 bits per heavy atom. The molecular formula is C20H23N2O4. The Morgan fingerprint density at radius 1 is 1.04 bits per heavy atom. The number of amides is 2. The number of benzene rings is 2. The van der Waals surface area contributed by atoms with Crippen molar-refractivity contribution in [1.82, 2.24) is 0 Å². The Kier molecular flexibility index (Phi) is 6.74. The van der Waals surface area contributed by atoms with Crippen molar-refractivity contribution in [3.8, 4) is 5.75 Å². The molecule has 137 valence electrons. The first kappa shape index (κ1) is 19.5. The van der Waals surface area contributed by atoms with E-state index in [9.17, 15) is 19.8 Å². The van der Waals surface area contributed by atoms with Crippen LogP contribution in [0.15, 0.2) is 48.5 Å². The van der Waals surface area contributed by atoms with Gasteiger partial charge >= 0.3 is 0 Å². The van der Waals surface area contributed by atoms with Crippen LogP contribution in [0.3, 0.4) is 0 Å². The third-order valence-electron chi connectivity index (χ3n) is 4.25. The summed E-state index contributed by atoms with van der Waals surface area (Å²) in [4.78, 5) is 23.1. The third-order valence-corrected chi connectivity index (χ3v) is 4.25. The summed E-state index contributed by atoms with van der Waals surface area (Å²) in [6.07, 6.45) is 1.69. The van der Waals surface area contributed by atoms with Crippen molar-refractivity contribution in [3.63, 3.8) is 0 Å². The van der Waals surface area contributed by atoms with Crippen molar-refractivity contribution < 1.29 is 19.8 Å². The number of primary amides is 2. The van der Waals surface area contributed by atoms with E-state index in [0.29, 0.717) is 12.0 Å². The van der Waals surface area contributed by atoms with Crippen LogP contribution in [0.5, 0.6) is 5.75 Å². The predicted octanol–water partition coefficient (Wildman–Crippen LogP) is 1.33. The first-order valence-corrected chi connectivity index (χ1v) is 8.33. The highest BCUT2D eigenvalue weighted by atomic mass is 16.3. The number of carbonyl (C=O) groups excluding carboxylic acids is 2. The molecule has 6 nitrogen and oxygen atoms in total. The minimum absolute atomic E-state index is 0.0121. The lowest BCUT2D eigenvalue weighted by Crippen LogP contribution is -2.29. The van der Waals surface area contributed by atoms with Crippen LogP contribution in [-0.2, 0) is 17.6 Å². The Bertz CT molecular complexity index is 762. The van der Waals surface area contributed by atoms with Gasteiger partial charge in [0.2, 0.25) is 5.91 Å². The Balaban J connectivity index is 2.02. The van der Waals surface area contributed by atoms with Crippen LogP contribution in [0.1, 0.15) is 27.9 Å². The standard InChI is InChI=1S/C20H23N2O4/c21-19(25)15(11-14-7-4-8-17(18(14)24)20(22)26)12-16(23)10-9-13-5-2-1-3-6-13/h1-8,10,15-16,23-24H,9,11-12H2,(H2,21,25)(H2,22,26). The van der Waals surface area contributed by atoms with E-state index in [1.54, 1.807) is 18.6 Å². The van der Waals surface area contributed by atoms with Gasteiger partial charge in [0.25, 0.3) is 5.91 Å². The summed E-state index contributed by atoms with van der Waals surface area (Å²) in [6.45, 7) is 0. The molecule has 6 N–H and O–H groups in total. The van der Waals surface area contributed by atoms with Gasteiger partial charge in [0, 0.05) is 5.92 Å². The van der Waals surface area contributed by atoms with Crippen LogP contribution in [0.25, 0.3) is 0 Å².